The summed E-state index contributed by atoms with van der Waals surface area (Å²) in [6.07, 6.45) is 0.641. The summed E-state index contributed by atoms with van der Waals surface area (Å²) in [5.74, 6) is -0.0757. The zero-order valence-electron chi connectivity index (χ0n) is 24.0. The van der Waals surface area contributed by atoms with Crippen LogP contribution in [0.2, 0.25) is 22.2 Å². The molecule has 0 unspecified atom stereocenters. The molecule has 0 aliphatic carbocycles. The summed E-state index contributed by atoms with van der Waals surface area (Å²) in [6, 6.07) is 0. The fourth-order valence-corrected chi connectivity index (χ4v) is 17.0. The van der Waals surface area contributed by atoms with Gasteiger partial charge in [0.05, 0.1) is 12.9 Å². The van der Waals surface area contributed by atoms with Crippen molar-refractivity contribution in [3.63, 3.8) is 0 Å². The van der Waals surface area contributed by atoms with Gasteiger partial charge in [-0.2, -0.15) is 0 Å². The van der Waals surface area contributed by atoms with E-state index >= 15 is 0 Å². The van der Waals surface area contributed by atoms with Crippen LogP contribution in [-0.4, -0.2) is 67.5 Å². The normalized spacial score (nSPS) is 27.2. The molecule has 0 saturated carbocycles. The number of aromatic nitrogens is 4. The average molecular weight is 568 g/mol. The second-order valence-corrected chi connectivity index (χ2v) is 20.4. The minimum atomic E-state index is -2.95. The molecule has 2 aromatic rings. The van der Waals surface area contributed by atoms with Gasteiger partial charge in [0.15, 0.2) is 23.8 Å². The molecule has 0 radical (unpaired) electrons. The number of rotatable bonds is 7. The van der Waals surface area contributed by atoms with Gasteiger partial charge < -0.3 is 28.2 Å². The molecule has 2 fully saturated rings. The van der Waals surface area contributed by atoms with Crippen molar-refractivity contribution in [3.05, 3.63) is 12.7 Å². The summed E-state index contributed by atoms with van der Waals surface area (Å²) in [5, 5.41) is 0. The van der Waals surface area contributed by atoms with E-state index in [9.17, 15) is 4.79 Å². The third-order valence-corrected chi connectivity index (χ3v) is 18.1. The third kappa shape index (κ3) is 4.81. The lowest BCUT2D eigenvalue weighted by atomic mass is 10.1. The van der Waals surface area contributed by atoms with Gasteiger partial charge in [0.25, 0.3) is 0 Å². The number of nitrogens with two attached hydrogens (primary N) is 1. The smallest absolute Gasteiger partial charge is 0.335 e. The van der Waals surface area contributed by atoms with E-state index in [0.29, 0.717) is 11.2 Å². The molecule has 2 aliphatic heterocycles. The van der Waals surface area contributed by atoms with E-state index in [4.69, 9.17) is 28.2 Å². The van der Waals surface area contributed by atoms with Crippen LogP contribution in [0.3, 0.4) is 0 Å². The van der Waals surface area contributed by atoms with Crippen molar-refractivity contribution in [1.82, 2.24) is 19.5 Å². The maximum Gasteiger partial charge on any atom is 0.335 e. The van der Waals surface area contributed by atoms with E-state index < -0.39 is 41.7 Å². The van der Waals surface area contributed by atoms with Crippen LogP contribution < -0.4 is 5.73 Å². The number of ether oxygens (including phenoxy) is 2. The van der Waals surface area contributed by atoms with Gasteiger partial charge in [-0.25, -0.2) is 15.0 Å². The first-order valence-electron chi connectivity index (χ1n) is 13.7. The Kier molecular flexibility index (Phi) is 8.37. The Balaban J connectivity index is 1.85. The molecule has 4 heterocycles. The molecule has 2 aliphatic rings. The molecule has 4 rings (SSSR count). The second kappa shape index (κ2) is 10.9. The summed E-state index contributed by atoms with van der Waals surface area (Å²) in [6.45, 7) is 19.4. The summed E-state index contributed by atoms with van der Waals surface area (Å²) in [7, 11) is -5.70. The van der Waals surface area contributed by atoms with Crippen LogP contribution in [0.25, 0.3) is 11.2 Å². The van der Waals surface area contributed by atoms with Crippen molar-refractivity contribution in [2.24, 2.45) is 0 Å². The highest BCUT2D eigenvalue weighted by molar-refractivity contribution is 6.84. The Morgan fingerprint density at radius 1 is 1.05 bits per heavy atom. The number of anilines is 1. The van der Waals surface area contributed by atoms with E-state index in [2.05, 4.69) is 70.3 Å². The largest absolute Gasteiger partial charge is 0.455 e. The van der Waals surface area contributed by atoms with Crippen molar-refractivity contribution in [3.8, 4) is 0 Å². The molecule has 2 saturated heterocycles. The fraction of sp³-hybridized carbons (Fsp3) is 0.760. The van der Waals surface area contributed by atoms with Crippen molar-refractivity contribution < 1.29 is 27.2 Å². The van der Waals surface area contributed by atoms with Crippen molar-refractivity contribution in [2.45, 2.75) is 115 Å². The number of esters is 1. The number of hydrogen-bond donors (Lipinski definition) is 1. The number of carbonyl (C=O) groups is 1. The summed E-state index contributed by atoms with van der Waals surface area (Å²) < 4.78 is 35.8. The van der Waals surface area contributed by atoms with Gasteiger partial charge in [0, 0.05) is 6.42 Å². The molecule has 0 amide bonds. The molecule has 0 aromatic carbocycles. The molecule has 212 valence electrons. The molecule has 2 aromatic heterocycles. The van der Waals surface area contributed by atoms with E-state index in [1.807, 2.05) is 0 Å². The van der Waals surface area contributed by atoms with Gasteiger partial charge in [0.2, 0.25) is 0 Å². The maximum atomic E-state index is 12.7. The van der Waals surface area contributed by atoms with E-state index in [1.54, 1.807) is 17.8 Å². The summed E-state index contributed by atoms with van der Waals surface area (Å²) in [4.78, 5) is 25.6. The molecule has 11 nitrogen and oxygen atoms in total. The summed E-state index contributed by atoms with van der Waals surface area (Å²) >= 11 is 0. The minimum absolute atomic E-state index is 0.123. The molecule has 0 bridgehead atoms. The lowest BCUT2D eigenvalue weighted by molar-refractivity contribution is -0.158. The Morgan fingerprint density at radius 3 is 2.26 bits per heavy atom. The molecule has 38 heavy (non-hydrogen) atoms. The Bertz CT molecular complexity index is 1130. The van der Waals surface area contributed by atoms with Gasteiger partial charge in [-0.05, 0) is 22.2 Å². The quantitative estimate of drug-likeness (QED) is 0.288. The number of imidazole rings is 1. The van der Waals surface area contributed by atoms with Crippen LogP contribution in [0.1, 0.15) is 75.0 Å². The van der Waals surface area contributed by atoms with E-state index in [-0.39, 0.29) is 47.0 Å². The number of hydrogen-bond acceptors (Lipinski definition) is 10. The molecular weight excluding hydrogens is 524 g/mol. The average Bonchev–Trinajstić information content (AvgIpc) is 3.40. The van der Waals surface area contributed by atoms with Crippen molar-refractivity contribution in [2.75, 3.05) is 12.3 Å². The number of nitrogens with zero attached hydrogens (tertiary/aromatic N) is 4. The fourth-order valence-electron chi connectivity index (χ4n) is 5.76. The lowest BCUT2D eigenvalue weighted by Crippen LogP contribution is -2.66. The Morgan fingerprint density at radius 2 is 1.68 bits per heavy atom. The molecule has 13 heteroatoms. The molecule has 2 N–H and O–H groups in total. The van der Waals surface area contributed by atoms with Gasteiger partial charge >= 0.3 is 23.1 Å². The number of nitrogen functional groups attached to an aromatic ring is 1. The van der Waals surface area contributed by atoms with Crippen LogP contribution in [-0.2, 0) is 27.2 Å². The minimum Gasteiger partial charge on any atom is -0.455 e. The van der Waals surface area contributed by atoms with Crippen LogP contribution in [0.4, 0.5) is 5.82 Å². The Labute approximate surface area is 227 Å². The van der Waals surface area contributed by atoms with Gasteiger partial charge in [-0.3, -0.25) is 9.36 Å². The van der Waals surface area contributed by atoms with Crippen LogP contribution in [0.15, 0.2) is 12.7 Å². The van der Waals surface area contributed by atoms with Gasteiger partial charge in [-0.1, -0.05) is 62.3 Å². The van der Waals surface area contributed by atoms with E-state index in [0.717, 1.165) is 0 Å². The predicted molar refractivity (Wildman–Crippen MR) is 148 cm³/mol. The highest BCUT2D eigenvalue weighted by Crippen LogP contribution is 2.49. The monoisotopic (exact) mass is 567 g/mol. The molecular formula is C25H43N5O6Si2. The SMILES string of the molecule is CCC(=O)[18O][C@@H]1[C@@H]2O[Si](C(C)C)(C(C)C)O[Si](C(C)C)(C(C)C)OC[C@H]2O[C@H]1n1cnc2c(N)ncnc21. The van der Waals surface area contributed by atoms with Crippen LogP contribution in [0.5, 0.6) is 0 Å². The first-order chi connectivity index (χ1) is 17.9. The first kappa shape index (κ1) is 29.1. The zero-order valence-corrected chi connectivity index (χ0v) is 26.0. The third-order valence-electron chi connectivity index (χ3n) is 7.83. The number of carbonyl (C=O) groups excluding carboxylic acids is 1. The first-order valence-corrected chi connectivity index (χ1v) is 17.6. The second-order valence-electron chi connectivity index (χ2n) is 11.5. The maximum absolute atomic E-state index is 12.7. The van der Waals surface area contributed by atoms with Crippen molar-refractivity contribution in [1.29, 1.82) is 0 Å². The molecule has 4 atom stereocenters. The van der Waals surface area contributed by atoms with E-state index in [1.165, 1.54) is 6.33 Å². The Hall–Kier alpha value is -1.91. The highest BCUT2D eigenvalue weighted by Gasteiger charge is 2.62. The number of fused-ring (bicyclic) bond motifs is 2. The van der Waals surface area contributed by atoms with Crippen molar-refractivity contribution >= 4 is 40.1 Å². The summed E-state index contributed by atoms with van der Waals surface area (Å²) in [5.41, 5.74) is 7.66. The zero-order chi connectivity index (χ0) is 28.0. The van der Waals surface area contributed by atoms with Gasteiger partial charge in [-0.15, -0.1) is 0 Å². The van der Waals surface area contributed by atoms with Crippen LogP contribution >= 0.6 is 0 Å². The van der Waals surface area contributed by atoms with Gasteiger partial charge in [0.1, 0.15) is 24.1 Å². The predicted octanol–water partition coefficient (Wildman–Crippen LogP) is 4.58. The highest BCUT2D eigenvalue weighted by atomic mass is 28.5. The van der Waals surface area contributed by atoms with Crippen LogP contribution in [0, 0.1) is 0 Å². The topological polar surface area (TPSA) is 133 Å². The molecule has 0 spiro atoms. The standard InChI is InChI=1S/C25H43N5O6Si2/c1-10-19(31)34-22-21-18(33-25(22)30-13-29-20-23(26)27-12-28-24(20)30)11-32-37(14(2)3,15(4)5)36-38(35-21,16(6)7)17(8)9/h12-18,21-22,25H,10-11H2,1-9H3,(H2,26,27,28)/t18-,21-,22-,25-/m1/s1/i34+2. The lowest BCUT2D eigenvalue weighted by Gasteiger charge is -2.51.